The molecule has 0 heterocycles. The predicted molar refractivity (Wildman–Crippen MR) is 45.3 cm³/mol. The van der Waals surface area contributed by atoms with Gasteiger partial charge >= 0.3 is 15.6 Å². The molecular formula is H7O9P3S. The van der Waals surface area contributed by atoms with Crippen LogP contribution in [-0.2, 0) is 25.2 Å². The van der Waals surface area contributed by atoms with Crippen molar-refractivity contribution >= 4 is 34.6 Å². The monoisotopic (exact) mass is 276 g/mol. The van der Waals surface area contributed by atoms with Gasteiger partial charge in [-0.25, -0.2) is 9.13 Å². The number of hydrogen-bond donors (Lipinski definition) is 6. The van der Waals surface area contributed by atoms with Gasteiger partial charge in [0.2, 0.25) is 0 Å². The molecule has 0 bridgehead atoms. The molecule has 0 aliphatic rings. The first-order chi connectivity index (χ1) is 5.44. The van der Waals surface area contributed by atoms with Crippen LogP contribution in [0, 0.1) is 0 Å². The zero-order valence-electron chi connectivity index (χ0n) is 5.71. The van der Waals surface area contributed by atoms with Crippen molar-refractivity contribution in [2.75, 3.05) is 0 Å². The van der Waals surface area contributed by atoms with E-state index in [0.717, 1.165) is 0 Å². The molecule has 0 aliphatic heterocycles. The van der Waals surface area contributed by atoms with E-state index >= 15 is 0 Å². The van der Waals surface area contributed by atoms with Gasteiger partial charge in [0.15, 0.2) is 7.15 Å². The molecule has 6 N–H and O–H groups in total. The Labute approximate surface area is 78.1 Å². The first-order valence-electron chi connectivity index (χ1n) is 2.18. The van der Waals surface area contributed by atoms with Gasteiger partial charge in [-0.3, -0.25) is 0 Å². The summed E-state index contributed by atoms with van der Waals surface area (Å²) in [6, 6.07) is 0. The SMILES string of the molecule is O=P(O)(O)OP(=O)(O)O.O[PH](O)=S. The zero-order valence-corrected chi connectivity index (χ0v) is 9.32. The Hall–Kier alpha value is 0.830. The minimum absolute atomic E-state index is 2.30. The van der Waals surface area contributed by atoms with Crippen LogP contribution in [0.1, 0.15) is 0 Å². The van der Waals surface area contributed by atoms with E-state index in [2.05, 4.69) is 16.1 Å². The van der Waals surface area contributed by atoms with Gasteiger partial charge in [0.1, 0.15) is 0 Å². The standard InChI is InChI=1S/H4O7P2.H3O2PS/c1-8(2,3)7-9(4,5)6;1-3(2)4/h(H2,1,2,3)(H2,4,5,6);3H,(H2,1,2,4). The summed E-state index contributed by atoms with van der Waals surface area (Å²) < 4.78 is 22.2. The smallest absolute Gasteiger partial charge is 0.347 e. The summed E-state index contributed by atoms with van der Waals surface area (Å²) in [6.07, 6.45) is 0. The first kappa shape index (κ1) is 16.3. The average Bonchev–Trinajstić information content (AvgIpc) is 1.47. The molecule has 0 unspecified atom stereocenters. The van der Waals surface area contributed by atoms with E-state index in [-0.39, 0.29) is 0 Å². The van der Waals surface area contributed by atoms with Crippen molar-refractivity contribution in [1.29, 1.82) is 0 Å². The van der Waals surface area contributed by atoms with Gasteiger partial charge in [-0.15, -0.1) is 0 Å². The van der Waals surface area contributed by atoms with Crippen LogP contribution < -0.4 is 0 Å². The molecule has 0 saturated carbocycles. The molecule has 13 heteroatoms. The van der Waals surface area contributed by atoms with Crippen LogP contribution in [0.2, 0.25) is 0 Å². The highest BCUT2D eigenvalue weighted by molar-refractivity contribution is 7.99. The van der Waals surface area contributed by atoms with Gasteiger partial charge in [-0.2, -0.15) is 4.31 Å². The van der Waals surface area contributed by atoms with E-state index in [0.29, 0.717) is 0 Å². The molecule has 0 aromatic heterocycles. The molecule has 13 heavy (non-hydrogen) atoms. The van der Waals surface area contributed by atoms with Gasteiger partial charge in [0.05, 0.1) is 0 Å². The quantitative estimate of drug-likeness (QED) is 0.332. The summed E-state index contributed by atoms with van der Waals surface area (Å²) in [4.78, 5) is 46.1. The lowest BCUT2D eigenvalue weighted by molar-refractivity contribution is 0.225. The van der Waals surface area contributed by atoms with Gasteiger partial charge in [-0.05, 0) is 11.8 Å². The second-order valence-corrected chi connectivity index (χ2v) is 5.62. The summed E-state index contributed by atoms with van der Waals surface area (Å²) in [7, 11) is -12.4. The maximum Gasteiger partial charge on any atom is 0.478 e. The fourth-order valence-electron chi connectivity index (χ4n) is 0.139. The van der Waals surface area contributed by atoms with E-state index in [9.17, 15) is 9.13 Å². The summed E-state index contributed by atoms with van der Waals surface area (Å²) in [5.41, 5.74) is 0. The number of phosphoric acid groups is 2. The van der Waals surface area contributed by atoms with E-state index < -0.39 is 22.8 Å². The fourth-order valence-corrected chi connectivity index (χ4v) is 1.25. The molecule has 0 spiro atoms. The Morgan fingerprint density at radius 1 is 1.00 bits per heavy atom. The van der Waals surface area contributed by atoms with Crippen molar-refractivity contribution in [1.82, 2.24) is 0 Å². The lowest BCUT2D eigenvalue weighted by Gasteiger charge is -2.03. The number of rotatable bonds is 2. The summed E-state index contributed by atoms with van der Waals surface area (Å²) in [6.45, 7) is 0. The minimum atomic E-state index is -5.05. The third-order valence-electron chi connectivity index (χ3n) is 0.213. The van der Waals surface area contributed by atoms with Crippen LogP contribution in [0.4, 0.5) is 0 Å². The predicted octanol–water partition coefficient (Wildman–Crippen LogP) is -1.33. The van der Waals surface area contributed by atoms with Crippen molar-refractivity contribution in [3.63, 3.8) is 0 Å². The van der Waals surface area contributed by atoms with Gasteiger partial charge in [0, 0.05) is 0 Å². The van der Waals surface area contributed by atoms with Crippen LogP contribution >= 0.6 is 22.8 Å². The molecule has 0 aromatic carbocycles. The molecule has 0 saturated heterocycles. The van der Waals surface area contributed by atoms with Crippen LogP contribution in [-0.4, -0.2) is 29.4 Å². The molecule has 0 atom stereocenters. The van der Waals surface area contributed by atoms with E-state index in [4.69, 9.17) is 29.4 Å². The molecule has 0 radical (unpaired) electrons. The lowest BCUT2D eigenvalue weighted by Crippen LogP contribution is -1.84. The van der Waals surface area contributed by atoms with Crippen LogP contribution in [0.25, 0.3) is 0 Å². The topological polar surface area (TPSA) is 165 Å². The summed E-state index contributed by atoms with van der Waals surface area (Å²) in [5, 5.41) is 0. The van der Waals surface area contributed by atoms with Crippen molar-refractivity contribution in [2.45, 2.75) is 0 Å². The van der Waals surface area contributed by atoms with Crippen molar-refractivity contribution in [3.05, 3.63) is 0 Å². The third-order valence-corrected chi connectivity index (χ3v) is 1.91. The lowest BCUT2D eigenvalue weighted by atomic mass is 15.7. The van der Waals surface area contributed by atoms with Crippen molar-refractivity contribution in [2.24, 2.45) is 0 Å². The highest BCUT2D eigenvalue weighted by Gasteiger charge is 2.27. The maximum atomic E-state index is 9.63. The van der Waals surface area contributed by atoms with Gasteiger partial charge in [-0.1, -0.05) is 0 Å². The highest BCUT2D eigenvalue weighted by atomic mass is 32.4. The molecule has 82 valence electrons. The number of hydrogen-bond acceptors (Lipinski definition) is 4. The third kappa shape index (κ3) is 32.3. The summed E-state index contributed by atoms with van der Waals surface area (Å²) in [5.74, 6) is 0. The summed E-state index contributed by atoms with van der Waals surface area (Å²) >= 11 is 3.83. The van der Waals surface area contributed by atoms with Crippen LogP contribution in [0.5, 0.6) is 0 Å². The molecule has 0 aromatic rings. The van der Waals surface area contributed by atoms with Gasteiger partial charge in [0.25, 0.3) is 0 Å². The first-order valence-corrected chi connectivity index (χ1v) is 7.77. The molecule has 0 fully saturated rings. The van der Waals surface area contributed by atoms with Crippen LogP contribution in [0.15, 0.2) is 0 Å². The zero-order chi connectivity index (χ0) is 11.3. The van der Waals surface area contributed by atoms with Crippen molar-refractivity contribution in [3.8, 4) is 0 Å². The van der Waals surface area contributed by atoms with Crippen molar-refractivity contribution < 1.29 is 42.8 Å². The fraction of sp³-hybridized carbons (Fsp3) is 0. The maximum absolute atomic E-state index is 9.63. The molecular weight excluding hydrogens is 269 g/mol. The Bertz CT molecular complexity index is 220. The Morgan fingerprint density at radius 3 is 1.15 bits per heavy atom. The largest absolute Gasteiger partial charge is 0.478 e. The molecule has 0 aliphatic carbocycles. The minimum Gasteiger partial charge on any atom is -0.347 e. The Balaban J connectivity index is 0. The second-order valence-electron chi connectivity index (χ2n) is 1.35. The van der Waals surface area contributed by atoms with E-state index in [1.807, 2.05) is 0 Å². The Kier molecular flexibility index (Phi) is 7.93. The molecule has 0 rings (SSSR count). The van der Waals surface area contributed by atoms with Crippen LogP contribution in [0.3, 0.4) is 0 Å². The Morgan fingerprint density at radius 2 is 1.15 bits per heavy atom. The normalized spacial score (nSPS) is 12.2. The van der Waals surface area contributed by atoms with E-state index in [1.54, 1.807) is 0 Å². The second kappa shape index (κ2) is 6.34. The average molecular weight is 276 g/mol. The highest BCUT2D eigenvalue weighted by Crippen LogP contribution is 2.53. The van der Waals surface area contributed by atoms with Gasteiger partial charge < -0.3 is 29.4 Å². The molecule has 9 nitrogen and oxygen atoms in total. The molecule has 0 amide bonds. The van der Waals surface area contributed by atoms with E-state index in [1.165, 1.54) is 0 Å².